The molecular formula is C22H26IN5O2S. The number of amides is 1. The van der Waals surface area contributed by atoms with Crippen LogP contribution in [-0.2, 0) is 24.3 Å². The third-order valence-corrected chi connectivity index (χ3v) is 5.91. The third-order valence-electron chi connectivity index (χ3n) is 4.88. The van der Waals surface area contributed by atoms with Crippen molar-refractivity contribution in [3.63, 3.8) is 0 Å². The van der Waals surface area contributed by atoms with Gasteiger partial charge in [-0.1, -0.05) is 18.2 Å². The first-order chi connectivity index (χ1) is 14.7. The minimum atomic E-state index is 0. The molecule has 0 aliphatic carbocycles. The summed E-state index contributed by atoms with van der Waals surface area (Å²) >= 11 is 1.77. The smallest absolute Gasteiger partial charge is 0.242 e. The highest BCUT2D eigenvalue weighted by molar-refractivity contribution is 14.0. The van der Waals surface area contributed by atoms with Crippen LogP contribution in [0.25, 0.3) is 11.5 Å². The maximum absolute atomic E-state index is 12.6. The van der Waals surface area contributed by atoms with Crippen molar-refractivity contribution in [3.05, 3.63) is 64.2 Å². The second kappa shape index (κ2) is 11.3. The second-order valence-corrected chi connectivity index (χ2v) is 7.99. The summed E-state index contributed by atoms with van der Waals surface area (Å²) in [5.41, 5.74) is 2.93. The number of fused-ring (bicyclic) bond motifs is 1. The number of nitrogens with zero attached hydrogens (tertiary/aromatic N) is 3. The Labute approximate surface area is 203 Å². The number of nitrogens with one attached hydrogen (secondary N) is 2. The monoisotopic (exact) mass is 551 g/mol. The molecule has 0 atom stereocenters. The lowest BCUT2D eigenvalue weighted by Gasteiger charge is -2.27. The Balaban J connectivity index is 0.00000272. The number of carbonyl (C=O) groups is 1. The molecule has 1 aliphatic rings. The summed E-state index contributed by atoms with van der Waals surface area (Å²) in [7, 11) is 0. The first-order valence-corrected chi connectivity index (χ1v) is 11.0. The Bertz CT molecular complexity index is 1020. The second-order valence-electron chi connectivity index (χ2n) is 6.99. The number of aliphatic imine (C=N–C) groups is 1. The van der Waals surface area contributed by atoms with Crippen LogP contribution < -0.4 is 10.6 Å². The summed E-state index contributed by atoms with van der Waals surface area (Å²) in [6, 6.07) is 11.9. The van der Waals surface area contributed by atoms with Crippen LogP contribution in [0.1, 0.15) is 23.1 Å². The van der Waals surface area contributed by atoms with E-state index in [4.69, 9.17) is 4.42 Å². The molecule has 0 radical (unpaired) electrons. The van der Waals surface area contributed by atoms with Gasteiger partial charge < -0.3 is 20.0 Å². The van der Waals surface area contributed by atoms with Crippen LogP contribution in [0.4, 0.5) is 0 Å². The van der Waals surface area contributed by atoms with Crippen molar-refractivity contribution in [2.75, 3.05) is 19.6 Å². The van der Waals surface area contributed by atoms with Crippen molar-refractivity contribution in [2.45, 2.75) is 26.4 Å². The van der Waals surface area contributed by atoms with Gasteiger partial charge in [-0.05, 0) is 42.5 Å². The maximum atomic E-state index is 12.6. The van der Waals surface area contributed by atoms with Crippen molar-refractivity contribution >= 4 is 47.2 Å². The molecule has 164 valence electrons. The number of hydrogen-bond acceptors (Lipinski definition) is 5. The van der Waals surface area contributed by atoms with Crippen LogP contribution in [0, 0.1) is 0 Å². The molecule has 7 nitrogen and oxygen atoms in total. The highest BCUT2D eigenvalue weighted by Gasteiger charge is 2.21. The SMILES string of the molecule is CCNC(=NCc1coc(-c2ccccc2)n1)NCC(=O)N1CCc2sccc2C1.I. The summed E-state index contributed by atoms with van der Waals surface area (Å²) in [4.78, 5) is 25.0. The van der Waals surface area contributed by atoms with E-state index in [1.54, 1.807) is 17.6 Å². The summed E-state index contributed by atoms with van der Waals surface area (Å²) in [5.74, 6) is 1.24. The van der Waals surface area contributed by atoms with Crippen LogP contribution in [-0.4, -0.2) is 41.4 Å². The number of carbonyl (C=O) groups excluding carboxylic acids is 1. The standard InChI is InChI=1S/C22H25N5O2S.HI/c1-2-23-22(24-12-18-15-29-21(26-18)16-6-4-3-5-7-16)25-13-20(28)27-10-8-19-17(14-27)9-11-30-19;/h3-7,9,11,15H,2,8,10,12-14H2,1H3,(H2,23,24,25);1H. The van der Waals surface area contributed by atoms with Gasteiger partial charge in [-0.2, -0.15) is 0 Å². The summed E-state index contributed by atoms with van der Waals surface area (Å²) in [6.45, 7) is 4.72. The molecular weight excluding hydrogens is 525 g/mol. The lowest BCUT2D eigenvalue weighted by atomic mass is 10.1. The molecule has 9 heteroatoms. The molecule has 4 rings (SSSR count). The van der Waals surface area contributed by atoms with Gasteiger partial charge in [0.25, 0.3) is 0 Å². The Hall–Kier alpha value is -2.40. The average molecular weight is 551 g/mol. The van der Waals surface area contributed by atoms with Gasteiger partial charge >= 0.3 is 0 Å². The lowest BCUT2D eigenvalue weighted by Crippen LogP contribution is -2.45. The van der Waals surface area contributed by atoms with Gasteiger partial charge in [0.05, 0.1) is 13.1 Å². The minimum absolute atomic E-state index is 0. The van der Waals surface area contributed by atoms with E-state index >= 15 is 0 Å². The highest BCUT2D eigenvalue weighted by atomic mass is 127. The van der Waals surface area contributed by atoms with E-state index in [9.17, 15) is 4.79 Å². The van der Waals surface area contributed by atoms with Crippen molar-refractivity contribution < 1.29 is 9.21 Å². The van der Waals surface area contributed by atoms with Gasteiger partial charge in [-0.15, -0.1) is 35.3 Å². The van der Waals surface area contributed by atoms with Gasteiger partial charge in [0.15, 0.2) is 5.96 Å². The van der Waals surface area contributed by atoms with E-state index in [0.29, 0.717) is 31.5 Å². The molecule has 0 unspecified atom stereocenters. The van der Waals surface area contributed by atoms with Crippen molar-refractivity contribution in [1.82, 2.24) is 20.5 Å². The number of halogens is 1. The molecule has 31 heavy (non-hydrogen) atoms. The predicted octanol–water partition coefficient (Wildman–Crippen LogP) is 3.66. The van der Waals surface area contributed by atoms with Gasteiger partial charge in [-0.25, -0.2) is 9.98 Å². The van der Waals surface area contributed by atoms with Crippen molar-refractivity contribution in [2.24, 2.45) is 4.99 Å². The Morgan fingerprint density at radius 1 is 1.26 bits per heavy atom. The van der Waals surface area contributed by atoms with E-state index in [1.807, 2.05) is 42.2 Å². The zero-order valence-corrected chi connectivity index (χ0v) is 20.5. The van der Waals surface area contributed by atoms with Crippen molar-refractivity contribution in [3.8, 4) is 11.5 Å². The Morgan fingerprint density at radius 2 is 2.10 bits per heavy atom. The molecule has 0 fully saturated rings. The van der Waals surface area contributed by atoms with Gasteiger partial charge in [0, 0.05) is 30.1 Å². The molecule has 3 aromatic rings. The zero-order chi connectivity index (χ0) is 20.8. The fourth-order valence-corrected chi connectivity index (χ4v) is 4.22. The molecule has 1 amide bonds. The number of rotatable bonds is 6. The summed E-state index contributed by atoms with van der Waals surface area (Å²) in [5, 5.41) is 8.41. The van der Waals surface area contributed by atoms with E-state index in [1.165, 1.54) is 10.4 Å². The van der Waals surface area contributed by atoms with E-state index < -0.39 is 0 Å². The Kier molecular flexibility index (Phi) is 8.47. The largest absolute Gasteiger partial charge is 0.444 e. The van der Waals surface area contributed by atoms with Gasteiger partial charge in [0.1, 0.15) is 12.0 Å². The first-order valence-electron chi connectivity index (χ1n) is 10.1. The lowest BCUT2D eigenvalue weighted by molar-refractivity contribution is -0.130. The number of hydrogen-bond donors (Lipinski definition) is 2. The van der Waals surface area contributed by atoms with Crippen LogP contribution in [0.15, 0.2) is 57.5 Å². The first kappa shape index (κ1) is 23.3. The summed E-state index contributed by atoms with van der Waals surface area (Å²) in [6.07, 6.45) is 2.55. The van der Waals surface area contributed by atoms with Crippen LogP contribution in [0.3, 0.4) is 0 Å². The topological polar surface area (TPSA) is 82.8 Å². The van der Waals surface area contributed by atoms with Gasteiger partial charge in [0.2, 0.25) is 11.8 Å². The molecule has 0 bridgehead atoms. The molecule has 1 aromatic carbocycles. The molecule has 3 heterocycles. The highest BCUT2D eigenvalue weighted by Crippen LogP contribution is 2.23. The van der Waals surface area contributed by atoms with Crippen LogP contribution in [0.2, 0.25) is 0 Å². The average Bonchev–Trinajstić information content (AvgIpc) is 3.45. The van der Waals surface area contributed by atoms with E-state index in [0.717, 1.165) is 24.2 Å². The molecule has 0 spiro atoms. The molecule has 0 saturated heterocycles. The fourth-order valence-electron chi connectivity index (χ4n) is 3.33. The number of guanidine groups is 1. The van der Waals surface area contributed by atoms with Crippen LogP contribution in [0.5, 0.6) is 0 Å². The fraction of sp³-hybridized carbons (Fsp3) is 0.318. The number of aromatic nitrogens is 1. The minimum Gasteiger partial charge on any atom is -0.444 e. The van der Waals surface area contributed by atoms with Crippen molar-refractivity contribution in [1.29, 1.82) is 0 Å². The molecule has 2 N–H and O–H groups in total. The van der Waals surface area contributed by atoms with E-state index in [2.05, 4.69) is 32.1 Å². The predicted molar refractivity (Wildman–Crippen MR) is 134 cm³/mol. The van der Waals surface area contributed by atoms with Crippen LogP contribution >= 0.6 is 35.3 Å². The van der Waals surface area contributed by atoms with Gasteiger partial charge in [-0.3, -0.25) is 4.79 Å². The Morgan fingerprint density at radius 3 is 2.90 bits per heavy atom. The number of oxazole rings is 1. The molecule has 2 aromatic heterocycles. The zero-order valence-electron chi connectivity index (χ0n) is 17.3. The molecule has 1 aliphatic heterocycles. The number of thiophene rings is 1. The number of benzene rings is 1. The molecule has 0 saturated carbocycles. The summed E-state index contributed by atoms with van der Waals surface area (Å²) < 4.78 is 5.56. The maximum Gasteiger partial charge on any atom is 0.242 e. The quantitative estimate of drug-likeness (QED) is 0.278. The third kappa shape index (κ3) is 6.07. The van der Waals surface area contributed by atoms with E-state index in [-0.39, 0.29) is 36.4 Å². The normalized spacial score (nSPS) is 13.3.